The summed E-state index contributed by atoms with van der Waals surface area (Å²) in [6, 6.07) is 10.1. The number of hydrogen-bond acceptors (Lipinski definition) is 3. The average molecular weight is 393 g/mol. The third-order valence-corrected chi connectivity index (χ3v) is 4.42. The molecule has 1 aliphatic rings. The van der Waals surface area contributed by atoms with Crippen molar-refractivity contribution in [1.29, 1.82) is 0 Å². The highest BCUT2D eigenvalue weighted by Crippen LogP contribution is 2.34. The van der Waals surface area contributed by atoms with E-state index in [1.807, 2.05) is 0 Å². The molecule has 28 heavy (non-hydrogen) atoms. The molecule has 0 unspecified atom stereocenters. The second-order valence-electron chi connectivity index (χ2n) is 6.30. The summed E-state index contributed by atoms with van der Waals surface area (Å²) < 4.78 is 39.1. The zero-order valence-electron chi connectivity index (χ0n) is 14.7. The third-order valence-electron chi connectivity index (χ3n) is 4.42. The number of amides is 3. The van der Waals surface area contributed by atoms with Crippen LogP contribution >= 0.6 is 0 Å². The molecular weight excluding hydrogens is 375 g/mol. The van der Waals surface area contributed by atoms with Crippen molar-refractivity contribution < 1.29 is 27.9 Å². The van der Waals surface area contributed by atoms with Gasteiger partial charge in [0.2, 0.25) is 0 Å². The maximum atomic E-state index is 13.0. The minimum atomic E-state index is -4.57. The van der Waals surface area contributed by atoms with Crippen LogP contribution in [0.25, 0.3) is 0 Å². The van der Waals surface area contributed by atoms with Gasteiger partial charge in [-0.25, -0.2) is 4.79 Å². The van der Waals surface area contributed by atoms with Crippen molar-refractivity contribution in [2.75, 3.05) is 31.5 Å². The molecule has 6 nitrogen and oxygen atoms in total. The van der Waals surface area contributed by atoms with Crippen molar-refractivity contribution in [2.24, 2.45) is 0 Å². The highest BCUT2D eigenvalue weighted by molar-refractivity contribution is 5.95. The van der Waals surface area contributed by atoms with Gasteiger partial charge in [-0.3, -0.25) is 4.79 Å². The minimum absolute atomic E-state index is 0.0211. The number of nitrogens with zero attached hydrogens (tertiary/aromatic N) is 2. The predicted molar refractivity (Wildman–Crippen MR) is 96.0 cm³/mol. The summed E-state index contributed by atoms with van der Waals surface area (Å²) >= 11 is 0. The van der Waals surface area contributed by atoms with Crippen LogP contribution in [0.4, 0.5) is 23.7 Å². The molecule has 0 atom stereocenters. The van der Waals surface area contributed by atoms with Gasteiger partial charge in [-0.05, 0) is 30.3 Å². The van der Waals surface area contributed by atoms with E-state index in [4.69, 9.17) is 0 Å². The summed E-state index contributed by atoms with van der Waals surface area (Å²) in [4.78, 5) is 27.7. The first-order valence-corrected chi connectivity index (χ1v) is 8.56. The smallest absolute Gasteiger partial charge is 0.418 e. The Labute approximate surface area is 159 Å². The maximum absolute atomic E-state index is 13.0. The van der Waals surface area contributed by atoms with E-state index in [9.17, 15) is 27.9 Å². The highest BCUT2D eigenvalue weighted by Gasteiger charge is 2.34. The van der Waals surface area contributed by atoms with Gasteiger partial charge in [0.25, 0.3) is 5.91 Å². The van der Waals surface area contributed by atoms with Gasteiger partial charge in [0, 0.05) is 31.7 Å². The van der Waals surface area contributed by atoms with Crippen LogP contribution in [0.3, 0.4) is 0 Å². The fraction of sp³-hybridized carbons (Fsp3) is 0.263. The lowest BCUT2D eigenvalue weighted by atomic mass is 10.1. The topological polar surface area (TPSA) is 72.9 Å². The predicted octanol–water partition coefficient (Wildman–Crippen LogP) is 3.40. The summed E-state index contributed by atoms with van der Waals surface area (Å²) in [7, 11) is 0. The second kappa shape index (κ2) is 7.79. The molecule has 0 radical (unpaired) electrons. The molecule has 1 heterocycles. The Balaban J connectivity index is 1.61. The Kier molecular flexibility index (Phi) is 5.43. The van der Waals surface area contributed by atoms with Gasteiger partial charge in [0.15, 0.2) is 0 Å². The van der Waals surface area contributed by atoms with E-state index in [0.717, 1.165) is 6.07 Å². The van der Waals surface area contributed by atoms with Gasteiger partial charge in [-0.2, -0.15) is 13.2 Å². The summed E-state index contributed by atoms with van der Waals surface area (Å²) in [6.07, 6.45) is -4.57. The maximum Gasteiger partial charge on any atom is 0.418 e. The van der Waals surface area contributed by atoms with E-state index in [1.165, 1.54) is 40.1 Å². The Hall–Kier alpha value is -3.23. The molecule has 2 aromatic rings. The average Bonchev–Trinajstić information content (AvgIpc) is 2.67. The van der Waals surface area contributed by atoms with Gasteiger partial charge in [-0.1, -0.05) is 18.2 Å². The Bertz CT molecular complexity index is 878. The number of rotatable bonds is 2. The van der Waals surface area contributed by atoms with Crippen molar-refractivity contribution in [1.82, 2.24) is 9.80 Å². The number of anilines is 1. The first kappa shape index (κ1) is 19.5. The number of alkyl halides is 3. The molecule has 1 saturated heterocycles. The number of nitrogens with one attached hydrogen (secondary N) is 1. The Morgan fingerprint density at radius 2 is 1.57 bits per heavy atom. The van der Waals surface area contributed by atoms with Gasteiger partial charge in [0.1, 0.15) is 5.75 Å². The van der Waals surface area contributed by atoms with E-state index < -0.39 is 17.8 Å². The second-order valence-corrected chi connectivity index (χ2v) is 6.30. The van der Waals surface area contributed by atoms with Gasteiger partial charge in [-0.15, -0.1) is 0 Å². The lowest BCUT2D eigenvalue weighted by Crippen LogP contribution is -2.51. The van der Waals surface area contributed by atoms with Gasteiger partial charge in [0.05, 0.1) is 11.3 Å². The van der Waals surface area contributed by atoms with Crippen LogP contribution in [-0.4, -0.2) is 53.0 Å². The van der Waals surface area contributed by atoms with Crippen LogP contribution in [0.5, 0.6) is 5.75 Å². The molecule has 2 aromatic carbocycles. The largest absolute Gasteiger partial charge is 0.508 e. The van der Waals surface area contributed by atoms with Crippen molar-refractivity contribution in [3.8, 4) is 5.75 Å². The summed E-state index contributed by atoms with van der Waals surface area (Å²) in [5.74, 6) is -0.300. The number of carbonyl (C=O) groups excluding carboxylic acids is 2. The monoisotopic (exact) mass is 393 g/mol. The number of urea groups is 1. The number of para-hydroxylation sites is 1. The summed E-state index contributed by atoms with van der Waals surface area (Å²) in [6.45, 7) is 0.848. The van der Waals surface area contributed by atoms with Crippen LogP contribution < -0.4 is 5.32 Å². The molecule has 2 N–H and O–H groups in total. The zero-order valence-corrected chi connectivity index (χ0v) is 14.7. The fourth-order valence-corrected chi connectivity index (χ4v) is 2.97. The standard InChI is InChI=1S/C19H18F3N3O3/c20-19(21,22)15-6-1-2-7-16(15)23-18(28)25-10-8-24(9-11-25)17(27)13-4-3-5-14(26)12-13/h1-7,12,26H,8-11H2,(H,23,28). The number of halogens is 3. The SMILES string of the molecule is O=C(Nc1ccccc1C(F)(F)F)N1CCN(C(=O)c2cccc(O)c2)CC1. The number of piperazine rings is 1. The molecule has 3 amide bonds. The number of phenols is 1. The quantitative estimate of drug-likeness (QED) is 0.822. The first-order chi connectivity index (χ1) is 13.3. The number of phenolic OH excluding ortho intramolecular Hbond substituents is 1. The van der Waals surface area contributed by atoms with Gasteiger partial charge >= 0.3 is 12.2 Å². The molecule has 1 aliphatic heterocycles. The van der Waals surface area contributed by atoms with Crippen molar-refractivity contribution >= 4 is 17.6 Å². The molecule has 148 valence electrons. The molecule has 0 aromatic heterocycles. The molecule has 0 aliphatic carbocycles. The Morgan fingerprint density at radius 3 is 2.21 bits per heavy atom. The van der Waals surface area contributed by atoms with Crippen molar-refractivity contribution in [3.05, 3.63) is 59.7 Å². The van der Waals surface area contributed by atoms with Gasteiger partial charge < -0.3 is 20.2 Å². The number of benzene rings is 2. The van der Waals surface area contributed by atoms with Crippen molar-refractivity contribution in [3.63, 3.8) is 0 Å². The third kappa shape index (κ3) is 4.36. The Morgan fingerprint density at radius 1 is 0.929 bits per heavy atom. The van der Waals surface area contributed by atoms with E-state index in [-0.39, 0.29) is 43.5 Å². The normalized spacial score (nSPS) is 14.7. The lowest BCUT2D eigenvalue weighted by Gasteiger charge is -2.35. The molecule has 0 spiro atoms. The molecule has 9 heteroatoms. The molecule has 3 rings (SSSR count). The first-order valence-electron chi connectivity index (χ1n) is 8.56. The van der Waals surface area contributed by atoms with Crippen LogP contribution in [0, 0.1) is 0 Å². The summed E-state index contributed by atoms with van der Waals surface area (Å²) in [5.41, 5.74) is -0.892. The van der Waals surface area contributed by atoms with Crippen LogP contribution in [0.1, 0.15) is 15.9 Å². The molecule has 1 fully saturated rings. The van der Waals surface area contributed by atoms with E-state index in [2.05, 4.69) is 5.32 Å². The van der Waals surface area contributed by atoms with E-state index in [0.29, 0.717) is 5.56 Å². The molecule has 0 bridgehead atoms. The zero-order chi connectivity index (χ0) is 20.3. The number of hydrogen-bond donors (Lipinski definition) is 2. The highest BCUT2D eigenvalue weighted by atomic mass is 19.4. The van der Waals surface area contributed by atoms with E-state index >= 15 is 0 Å². The summed E-state index contributed by atoms with van der Waals surface area (Å²) in [5, 5.41) is 11.8. The lowest BCUT2D eigenvalue weighted by molar-refractivity contribution is -0.136. The number of aromatic hydroxyl groups is 1. The van der Waals surface area contributed by atoms with Crippen LogP contribution in [0.2, 0.25) is 0 Å². The molecular formula is C19H18F3N3O3. The van der Waals surface area contributed by atoms with Crippen LogP contribution in [0.15, 0.2) is 48.5 Å². The van der Waals surface area contributed by atoms with Crippen LogP contribution in [-0.2, 0) is 6.18 Å². The van der Waals surface area contributed by atoms with Crippen molar-refractivity contribution in [2.45, 2.75) is 6.18 Å². The number of carbonyl (C=O) groups is 2. The molecule has 0 saturated carbocycles. The fourth-order valence-electron chi connectivity index (χ4n) is 2.97. The minimum Gasteiger partial charge on any atom is -0.508 e. The van der Waals surface area contributed by atoms with E-state index in [1.54, 1.807) is 12.1 Å².